The summed E-state index contributed by atoms with van der Waals surface area (Å²) in [6.45, 7) is 2.64. The summed E-state index contributed by atoms with van der Waals surface area (Å²) in [4.78, 5) is 14.6. The zero-order valence-electron chi connectivity index (χ0n) is 12.3. The minimum absolute atomic E-state index is 0.114. The van der Waals surface area contributed by atoms with Crippen LogP contribution in [-0.2, 0) is 11.2 Å². The number of carbonyl (C=O) groups is 1. The number of halogens is 1. The van der Waals surface area contributed by atoms with Crippen LogP contribution in [0.25, 0.3) is 0 Å². The van der Waals surface area contributed by atoms with E-state index in [4.69, 9.17) is 16.3 Å². The van der Waals surface area contributed by atoms with E-state index in [2.05, 4.69) is 5.32 Å². The molecule has 0 spiro atoms. The van der Waals surface area contributed by atoms with E-state index in [-0.39, 0.29) is 12.0 Å². The number of likely N-dealkylation sites (tertiary alicyclic amines) is 1. The van der Waals surface area contributed by atoms with Crippen LogP contribution >= 0.6 is 11.6 Å². The third-order valence-electron chi connectivity index (χ3n) is 4.30. The Morgan fingerprint density at radius 1 is 1.52 bits per heavy atom. The SMILES string of the molecule is CNC[C@H]1CCCN(C(=O)[C@H]2Cc3cc(Cl)ccc3O2)C1. The van der Waals surface area contributed by atoms with Gasteiger partial charge in [0.2, 0.25) is 0 Å². The van der Waals surface area contributed by atoms with Crippen LogP contribution in [-0.4, -0.2) is 43.6 Å². The summed E-state index contributed by atoms with van der Waals surface area (Å²) in [5, 5.41) is 3.90. The number of ether oxygens (including phenoxy) is 1. The maximum atomic E-state index is 12.7. The van der Waals surface area contributed by atoms with Gasteiger partial charge in [-0.15, -0.1) is 0 Å². The lowest BCUT2D eigenvalue weighted by molar-refractivity contribution is -0.139. The van der Waals surface area contributed by atoms with Gasteiger partial charge >= 0.3 is 0 Å². The first kappa shape index (κ1) is 14.7. The van der Waals surface area contributed by atoms with E-state index in [1.165, 1.54) is 6.42 Å². The Morgan fingerprint density at radius 3 is 3.19 bits per heavy atom. The number of fused-ring (bicyclic) bond motifs is 1. The first-order valence-corrected chi connectivity index (χ1v) is 7.93. The van der Waals surface area contributed by atoms with Gasteiger partial charge in [-0.05, 0) is 56.1 Å². The highest BCUT2D eigenvalue weighted by Gasteiger charge is 2.34. The van der Waals surface area contributed by atoms with Crippen LogP contribution in [0.5, 0.6) is 5.75 Å². The second-order valence-corrected chi connectivity index (χ2v) is 6.35. The Morgan fingerprint density at radius 2 is 2.38 bits per heavy atom. The van der Waals surface area contributed by atoms with E-state index in [1.54, 1.807) is 6.07 Å². The van der Waals surface area contributed by atoms with Crippen LogP contribution < -0.4 is 10.1 Å². The Labute approximate surface area is 130 Å². The average Bonchev–Trinajstić information content (AvgIpc) is 2.90. The van der Waals surface area contributed by atoms with Crippen LogP contribution in [0.4, 0.5) is 0 Å². The molecular formula is C16H21ClN2O2. The van der Waals surface area contributed by atoms with Crippen molar-refractivity contribution in [2.24, 2.45) is 5.92 Å². The summed E-state index contributed by atoms with van der Waals surface area (Å²) in [7, 11) is 1.96. The van der Waals surface area contributed by atoms with E-state index in [9.17, 15) is 4.79 Å². The molecule has 0 bridgehead atoms. The molecule has 3 rings (SSSR count). The summed E-state index contributed by atoms with van der Waals surface area (Å²) < 4.78 is 5.81. The Balaban J connectivity index is 1.64. The Kier molecular flexibility index (Phi) is 4.36. The number of hydrogen-bond acceptors (Lipinski definition) is 3. The van der Waals surface area contributed by atoms with Crippen molar-refractivity contribution in [1.29, 1.82) is 0 Å². The van der Waals surface area contributed by atoms with Crippen LogP contribution in [0.3, 0.4) is 0 Å². The largest absolute Gasteiger partial charge is 0.480 e. The molecule has 1 aromatic rings. The fourth-order valence-corrected chi connectivity index (χ4v) is 3.47. The summed E-state index contributed by atoms with van der Waals surface area (Å²) in [5.74, 6) is 1.45. The van der Waals surface area contributed by atoms with E-state index in [1.807, 2.05) is 24.1 Å². The molecule has 1 fully saturated rings. The van der Waals surface area contributed by atoms with Gasteiger partial charge < -0.3 is 15.0 Å². The lowest BCUT2D eigenvalue weighted by atomic mass is 9.97. The quantitative estimate of drug-likeness (QED) is 0.930. The van der Waals surface area contributed by atoms with Gasteiger partial charge in [-0.1, -0.05) is 11.6 Å². The van der Waals surface area contributed by atoms with Crippen LogP contribution in [0.15, 0.2) is 18.2 Å². The molecule has 0 unspecified atom stereocenters. The molecule has 1 amide bonds. The third-order valence-corrected chi connectivity index (χ3v) is 4.53. The van der Waals surface area contributed by atoms with Crippen molar-refractivity contribution in [2.45, 2.75) is 25.4 Å². The first-order valence-electron chi connectivity index (χ1n) is 7.56. The van der Waals surface area contributed by atoms with E-state index in [0.29, 0.717) is 17.4 Å². The molecule has 0 radical (unpaired) electrons. The molecule has 1 aromatic carbocycles. The van der Waals surface area contributed by atoms with Gasteiger partial charge in [-0.2, -0.15) is 0 Å². The van der Waals surface area contributed by atoms with Crippen molar-refractivity contribution in [1.82, 2.24) is 10.2 Å². The average molecular weight is 309 g/mol. The van der Waals surface area contributed by atoms with Gasteiger partial charge in [0, 0.05) is 24.5 Å². The topological polar surface area (TPSA) is 41.6 Å². The zero-order chi connectivity index (χ0) is 14.8. The summed E-state index contributed by atoms with van der Waals surface area (Å²) in [6.07, 6.45) is 2.50. The number of carbonyl (C=O) groups excluding carboxylic acids is 1. The summed E-state index contributed by atoms with van der Waals surface area (Å²) >= 11 is 6.00. The molecule has 2 aliphatic rings. The molecule has 2 atom stereocenters. The normalized spacial score (nSPS) is 24.6. The molecule has 5 heteroatoms. The fraction of sp³-hybridized carbons (Fsp3) is 0.562. The van der Waals surface area contributed by atoms with Gasteiger partial charge in [0.1, 0.15) is 5.75 Å². The molecule has 4 nitrogen and oxygen atoms in total. The minimum atomic E-state index is -0.383. The van der Waals surface area contributed by atoms with E-state index >= 15 is 0 Å². The molecule has 2 aliphatic heterocycles. The van der Waals surface area contributed by atoms with Gasteiger partial charge in [0.15, 0.2) is 6.10 Å². The highest BCUT2D eigenvalue weighted by atomic mass is 35.5. The fourth-order valence-electron chi connectivity index (χ4n) is 3.28. The van der Waals surface area contributed by atoms with Crippen molar-refractivity contribution in [3.8, 4) is 5.75 Å². The predicted octanol–water partition coefficient (Wildman–Crippen LogP) is 2.10. The van der Waals surface area contributed by atoms with E-state index in [0.717, 1.165) is 37.4 Å². The highest BCUT2D eigenvalue weighted by Crippen LogP contribution is 2.32. The number of amides is 1. The molecule has 2 heterocycles. The van der Waals surface area contributed by atoms with Crippen molar-refractivity contribution < 1.29 is 9.53 Å². The second kappa shape index (κ2) is 6.24. The molecule has 21 heavy (non-hydrogen) atoms. The van der Waals surface area contributed by atoms with Crippen LogP contribution in [0.1, 0.15) is 18.4 Å². The van der Waals surface area contributed by atoms with Gasteiger partial charge in [0.25, 0.3) is 5.91 Å². The monoisotopic (exact) mass is 308 g/mol. The zero-order valence-corrected chi connectivity index (χ0v) is 13.0. The smallest absolute Gasteiger partial charge is 0.264 e. The second-order valence-electron chi connectivity index (χ2n) is 5.91. The first-order chi connectivity index (χ1) is 10.2. The van der Waals surface area contributed by atoms with Crippen molar-refractivity contribution in [3.63, 3.8) is 0 Å². The molecule has 0 saturated carbocycles. The molecule has 114 valence electrons. The Hall–Kier alpha value is -1.26. The number of benzene rings is 1. The van der Waals surface area contributed by atoms with Crippen LogP contribution in [0.2, 0.25) is 5.02 Å². The number of piperidine rings is 1. The minimum Gasteiger partial charge on any atom is -0.480 e. The van der Waals surface area contributed by atoms with Gasteiger partial charge in [-0.25, -0.2) is 0 Å². The predicted molar refractivity (Wildman–Crippen MR) is 82.8 cm³/mol. The molecule has 1 saturated heterocycles. The standard InChI is InChI=1S/C16H21ClN2O2/c1-18-9-11-3-2-6-19(10-11)16(20)15-8-12-7-13(17)4-5-14(12)21-15/h4-5,7,11,15,18H,2-3,6,8-10H2,1H3/t11-,15-/m1/s1. The maximum absolute atomic E-state index is 12.7. The number of rotatable bonds is 3. The molecule has 1 N–H and O–H groups in total. The number of hydrogen-bond donors (Lipinski definition) is 1. The summed E-state index contributed by atoms with van der Waals surface area (Å²) in [6, 6.07) is 5.55. The van der Waals surface area contributed by atoms with E-state index < -0.39 is 0 Å². The third kappa shape index (κ3) is 3.16. The number of nitrogens with zero attached hydrogens (tertiary/aromatic N) is 1. The maximum Gasteiger partial charge on any atom is 0.264 e. The summed E-state index contributed by atoms with van der Waals surface area (Å²) in [5.41, 5.74) is 1.03. The highest BCUT2D eigenvalue weighted by molar-refractivity contribution is 6.30. The van der Waals surface area contributed by atoms with Gasteiger partial charge in [-0.3, -0.25) is 4.79 Å². The number of nitrogens with one attached hydrogen (secondary N) is 1. The lowest BCUT2D eigenvalue weighted by Gasteiger charge is -2.34. The molecular weight excluding hydrogens is 288 g/mol. The van der Waals surface area contributed by atoms with Crippen molar-refractivity contribution >= 4 is 17.5 Å². The van der Waals surface area contributed by atoms with Crippen LogP contribution in [0, 0.1) is 5.92 Å². The van der Waals surface area contributed by atoms with Gasteiger partial charge in [0.05, 0.1) is 0 Å². The van der Waals surface area contributed by atoms with Crippen molar-refractivity contribution in [3.05, 3.63) is 28.8 Å². The molecule has 0 aromatic heterocycles. The Bertz CT molecular complexity index is 533. The molecule has 0 aliphatic carbocycles. The van der Waals surface area contributed by atoms with Crippen molar-refractivity contribution in [2.75, 3.05) is 26.7 Å². The lowest BCUT2D eigenvalue weighted by Crippen LogP contribution is -2.47.